The maximum atomic E-state index is 13.9. The van der Waals surface area contributed by atoms with Gasteiger partial charge >= 0.3 is 11.9 Å². The van der Waals surface area contributed by atoms with Gasteiger partial charge in [0.1, 0.15) is 5.65 Å². The Balaban J connectivity index is 1.83. The number of carbonyl (C=O) groups excluding carboxylic acids is 1. The molecular weight excluding hydrogens is 415 g/mol. The monoisotopic (exact) mass is 439 g/mol. The summed E-state index contributed by atoms with van der Waals surface area (Å²) in [6.45, 7) is 2.34. The van der Waals surface area contributed by atoms with Crippen LogP contribution in [-0.2, 0) is 25.1 Å². The van der Waals surface area contributed by atoms with E-state index in [0.717, 1.165) is 43.6 Å². The number of hydrogen-bond donors (Lipinski definition) is 0. The first-order valence-corrected chi connectivity index (χ1v) is 10.3. The van der Waals surface area contributed by atoms with Crippen molar-refractivity contribution in [3.05, 3.63) is 38.2 Å². The third-order valence-corrected chi connectivity index (χ3v) is 6.21. The number of alkyl halides is 3. The maximum absolute atomic E-state index is 13.9. The van der Waals surface area contributed by atoms with Gasteiger partial charge in [-0.15, -0.1) is 0 Å². The standard InChI is InChI=1S/C20H24F3N5O3/c1-25-17-16(18(30)26(2)19(25)31)12(20(21,22)23)10-13(24-17)14-6-5-9-28(14)15(29)11-27-7-3-4-8-27/h10,14H,3-9,11H2,1-2H3. The predicted octanol–water partition coefficient (Wildman–Crippen LogP) is 1.41. The number of fused-ring (bicyclic) bond motifs is 1. The molecule has 1 amide bonds. The highest BCUT2D eigenvalue weighted by molar-refractivity contribution is 5.81. The van der Waals surface area contributed by atoms with E-state index < -0.39 is 34.4 Å². The SMILES string of the molecule is Cn1c(=O)c2c(C(F)(F)F)cc(C3CCCN3C(=O)CN3CCCC3)nc2n(C)c1=O. The lowest BCUT2D eigenvalue weighted by Crippen LogP contribution is -2.40. The van der Waals surface area contributed by atoms with Crippen LogP contribution in [0.15, 0.2) is 15.7 Å². The molecule has 0 aromatic carbocycles. The van der Waals surface area contributed by atoms with Crippen LogP contribution in [0, 0.1) is 0 Å². The largest absolute Gasteiger partial charge is 0.417 e. The minimum Gasteiger partial charge on any atom is -0.333 e. The number of amides is 1. The number of aromatic nitrogens is 3. The van der Waals surface area contributed by atoms with Crippen molar-refractivity contribution in [3.8, 4) is 0 Å². The number of halogens is 3. The van der Waals surface area contributed by atoms with Gasteiger partial charge in [0, 0.05) is 20.6 Å². The highest BCUT2D eigenvalue weighted by atomic mass is 19.4. The molecule has 1 atom stereocenters. The number of likely N-dealkylation sites (tertiary alicyclic amines) is 2. The van der Waals surface area contributed by atoms with Gasteiger partial charge in [0.05, 0.1) is 29.2 Å². The van der Waals surface area contributed by atoms with Crippen LogP contribution in [0.5, 0.6) is 0 Å². The first-order valence-electron chi connectivity index (χ1n) is 10.3. The molecule has 2 aliphatic rings. The first-order chi connectivity index (χ1) is 14.6. The molecule has 0 bridgehead atoms. The van der Waals surface area contributed by atoms with E-state index in [2.05, 4.69) is 4.98 Å². The Hall–Kier alpha value is -2.69. The van der Waals surface area contributed by atoms with Gasteiger partial charge in [0.2, 0.25) is 5.91 Å². The molecule has 2 aliphatic heterocycles. The minimum atomic E-state index is -4.82. The Labute approximate surface area is 175 Å². The van der Waals surface area contributed by atoms with Gasteiger partial charge in [-0.1, -0.05) is 0 Å². The highest BCUT2D eigenvalue weighted by Crippen LogP contribution is 2.37. The molecule has 0 N–H and O–H groups in total. The molecule has 2 aromatic rings. The maximum Gasteiger partial charge on any atom is 0.417 e. The second kappa shape index (κ2) is 7.77. The van der Waals surface area contributed by atoms with E-state index in [0.29, 0.717) is 24.0 Å². The van der Waals surface area contributed by atoms with E-state index in [1.165, 1.54) is 7.05 Å². The summed E-state index contributed by atoms with van der Waals surface area (Å²) >= 11 is 0. The summed E-state index contributed by atoms with van der Waals surface area (Å²) in [5.41, 5.74) is -3.21. The number of nitrogens with zero attached hydrogens (tertiary/aromatic N) is 5. The Morgan fingerprint density at radius 3 is 2.42 bits per heavy atom. The summed E-state index contributed by atoms with van der Waals surface area (Å²) in [6, 6.07) is 0.236. The van der Waals surface area contributed by atoms with E-state index in [9.17, 15) is 27.6 Å². The quantitative estimate of drug-likeness (QED) is 0.723. The van der Waals surface area contributed by atoms with Crippen molar-refractivity contribution in [1.29, 1.82) is 0 Å². The molecule has 1 unspecified atom stereocenters. The predicted molar refractivity (Wildman–Crippen MR) is 107 cm³/mol. The van der Waals surface area contributed by atoms with Crippen LogP contribution in [0.1, 0.15) is 43.0 Å². The molecule has 8 nitrogen and oxygen atoms in total. The molecule has 0 saturated carbocycles. The van der Waals surface area contributed by atoms with Gasteiger partial charge in [-0.05, 0) is 44.8 Å². The zero-order valence-electron chi connectivity index (χ0n) is 17.4. The summed E-state index contributed by atoms with van der Waals surface area (Å²) in [5, 5.41) is -0.645. The molecule has 2 fully saturated rings. The van der Waals surface area contributed by atoms with Crippen LogP contribution in [0.4, 0.5) is 13.2 Å². The Kier molecular flexibility index (Phi) is 5.40. The van der Waals surface area contributed by atoms with Gasteiger partial charge in [-0.2, -0.15) is 13.2 Å². The average molecular weight is 439 g/mol. The molecule has 0 radical (unpaired) electrons. The molecular formula is C20H24F3N5O3. The molecule has 31 heavy (non-hydrogen) atoms. The lowest BCUT2D eigenvalue weighted by Gasteiger charge is -2.27. The second-order valence-electron chi connectivity index (χ2n) is 8.23. The van der Waals surface area contributed by atoms with Crippen molar-refractivity contribution < 1.29 is 18.0 Å². The highest BCUT2D eigenvalue weighted by Gasteiger charge is 2.38. The Morgan fingerprint density at radius 2 is 1.77 bits per heavy atom. The van der Waals surface area contributed by atoms with Crippen LogP contribution in [-0.4, -0.2) is 56.0 Å². The lowest BCUT2D eigenvalue weighted by atomic mass is 10.0. The molecule has 168 valence electrons. The summed E-state index contributed by atoms with van der Waals surface area (Å²) < 4.78 is 43.3. The van der Waals surface area contributed by atoms with E-state index in [1.807, 2.05) is 4.90 Å². The third-order valence-electron chi connectivity index (χ3n) is 6.21. The normalized spacial score (nSPS) is 20.2. The molecule has 4 heterocycles. The van der Waals surface area contributed by atoms with Crippen LogP contribution >= 0.6 is 0 Å². The average Bonchev–Trinajstić information content (AvgIpc) is 3.41. The molecule has 0 spiro atoms. The number of hydrogen-bond acceptors (Lipinski definition) is 5. The van der Waals surface area contributed by atoms with Crippen LogP contribution < -0.4 is 11.2 Å². The number of aryl methyl sites for hydroxylation is 1. The fourth-order valence-electron chi connectivity index (χ4n) is 4.56. The van der Waals surface area contributed by atoms with Gasteiger partial charge in [0.15, 0.2) is 0 Å². The van der Waals surface area contributed by atoms with Crippen molar-refractivity contribution in [2.75, 3.05) is 26.2 Å². The van der Waals surface area contributed by atoms with Gasteiger partial charge < -0.3 is 4.90 Å². The smallest absolute Gasteiger partial charge is 0.333 e. The zero-order valence-corrected chi connectivity index (χ0v) is 17.4. The van der Waals surface area contributed by atoms with Crippen LogP contribution in [0.3, 0.4) is 0 Å². The van der Waals surface area contributed by atoms with Crippen molar-refractivity contribution >= 4 is 16.9 Å². The van der Waals surface area contributed by atoms with E-state index in [-0.39, 0.29) is 23.8 Å². The second-order valence-corrected chi connectivity index (χ2v) is 8.23. The van der Waals surface area contributed by atoms with E-state index >= 15 is 0 Å². The lowest BCUT2D eigenvalue weighted by molar-refractivity contribution is -0.136. The van der Waals surface area contributed by atoms with Crippen LogP contribution in [0.2, 0.25) is 0 Å². The topological polar surface area (TPSA) is 80.4 Å². The van der Waals surface area contributed by atoms with Gasteiger partial charge in [0.25, 0.3) is 5.56 Å². The van der Waals surface area contributed by atoms with Gasteiger partial charge in [-0.25, -0.2) is 9.78 Å². The minimum absolute atomic E-state index is 0.0513. The van der Waals surface area contributed by atoms with E-state index in [1.54, 1.807) is 4.90 Å². The number of rotatable bonds is 3. The molecule has 4 rings (SSSR count). The summed E-state index contributed by atoms with van der Waals surface area (Å²) in [7, 11) is 2.42. The van der Waals surface area contributed by atoms with Gasteiger partial charge in [-0.3, -0.25) is 23.6 Å². The van der Waals surface area contributed by atoms with Crippen LogP contribution in [0.25, 0.3) is 11.0 Å². The van der Waals surface area contributed by atoms with Crippen molar-refractivity contribution in [3.63, 3.8) is 0 Å². The molecule has 0 aliphatic carbocycles. The fraction of sp³-hybridized carbons (Fsp3) is 0.600. The Morgan fingerprint density at radius 1 is 1.10 bits per heavy atom. The fourth-order valence-corrected chi connectivity index (χ4v) is 4.56. The summed E-state index contributed by atoms with van der Waals surface area (Å²) in [4.78, 5) is 45.6. The van der Waals surface area contributed by atoms with Crippen molar-refractivity contribution in [1.82, 2.24) is 23.9 Å². The van der Waals surface area contributed by atoms with Crippen molar-refractivity contribution in [2.24, 2.45) is 14.1 Å². The first kappa shape index (κ1) is 21.5. The zero-order chi connectivity index (χ0) is 22.5. The summed E-state index contributed by atoms with van der Waals surface area (Å²) in [5.74, 6) is -0.141. The Bertz CT molecular complexity index is 1150. The number of carbonyl (C=O) groups is 1. The van der Waals surface area contributed by atoms with Crippen molar-refractivity contribution in [2.45, 2.75) is 37.9 Å². The molecule has 11 heteroatoms. The number of pyridine rings is 1. The molecule has 2 aromatic heterocycles. The van der Waals surface area contributed by atoms with E-state index in [4.69, 9.17) is 0 Å². The third kappa shape index (κ3) is 3.75. The molecule has 2 saturated heterocycles. The summed E-state index contributed by atoms with van der Waals surface area (Å²) in [6.07, 6.45) is -1.64.